The number of nitro groups is 1. The van der Waals surface area contributed by atoms with Gasteiger partial charge in [0.25, 0.3) is 0 Å². The number of hydrogen-bond acceptors (Lipinski definition) is 6. The first-order chi connectivity index (χ1) is 9.18. The van der Waals surface area contributed by atoms with Gasteiger partial charge in [0.2, 0.25) is 10.0 Å². The Bertz CT molecular complexity index is 632. The number of anilines is 1. The summed E-state index contributed by atoms with van der Waals surface area (Å²) in [7, 11) is -3.74. The van der Waals surface area contributed by atoms with Crippen molar-refractivity contribution in [1.29, 1.82) is 0 Å². The van der Waals surface area contributed by atoms with Gasteiger partial charge in [-0.1, -0.05) is 25.2 Å². The lowest BCUT2D eigenvalue weighted by Crippen LogP contribution is -2.32. The van der Waals surface area contributed by atoms with Crippen LogP contribution in [0.4, 0.5) is 10.7 Å². The summed E-state index contributed by atoms with van der Waals surface area (Å²) in [6, 6.07) is 1.01. The Hall–Kier alpha value is -1.19. The predicted molar refractivity (Wildman–Crippen MR) is 77.1 cm³/mol. The standard InChI is InChI=1S/C11H17N3O4S2/c1-7(2)11(3-4-11)6-13-20(17,18)9-5-8(14(15)16)10(12)19-9/h5,7,13H,3-4,6,12H2,1-2H3. The van der Waals surface area contributed by atoms with Crippen molar-refractivity contribution in [3.05, 3.63) is 16.2 Å². The van der Waals surface area contributed by atoms with Crippen LogP contribution in [0.3, 0.4) is 0 Å². The molecule has 1 aliphatic rings. The largest absolute Gasteiger partial charge is 0.385 e. The lowest BCUT2D eigenvalue weighted by Gasteiger charge is -2.19. The lowest BCUT2D eigenvalue weighted by molar-refractivity contribution is -0.383. The van der Waals surface area contributed by atoms with Gasteiger partial charge in [0.05, 0.1) is 4.92 Å². The molecular formula is C11H17N3O4S2. The van der Waals surface area contributed by atoms with Gasteiger partial charge < -0.3 is 5.73 Å². The van der Waals surface area contributed by atoms with Gasteiger partial charge in [-0.05, 0) is 24.2 Å². The van der Waals surface area contributed by atoms with Crippen molar-refractivity contribution >= 4 is 32.0 Å². The number of hydrogen-bond donors (Lipinski definition) is 2. The average Bonchev–Trinajstić information content (AvgIpc) is 3.03. The molecule has 1 heterocycles. The van der Waals surface area contributed by atoms with Crippen LogP contribution in [0.2, 0.25) is 0 Å². The third kappa shape index (κ3) is 2.79. The Kier molecular flexibility index (Phi) is 3.78. The first kappa shape index (κ1) is 15.2. The fourth-order valence-electron chi connectivity index (χ4n) is 2.08. The highest BCUT2D eigenvalue weighted by Crippen LogP contribution is 2.51. The van der Waals surface area contributed by atoms with Crippen molar-refractivity contribution < 1.29 is 13.3 Å². The molecule has 0 atom stereocenters. The van der Waals surface area contributed by atoms with Gasteiger partial charge >= 0.3 is 5.69 Å². The molecule has 20 heavy (non-hydrogen) atoms. The van der Waals surface area contributed by atoms with Crippen molar-refractivity contribution in [2.24, 2.45) is 11.3 Å². The molecule has 1 fully saturated rings. The minimum absolute atomic E-state index is 0.0296. The molecule has 0 saturated heterocycles. The summed E-state index contributed by atoms with van der Waals surface area (Å²) in [4.78, 5) is 10.0. The molecule has 9 heteroatoms. The SMILES string of the molecule is CC(C)C1(CNS(=O)(=O)c2cc([N+](=O)[O-])c(N)s2)CC1. The van der Waals surface area contributed by atoms with Crippen molar-refractivity contribution in [3.63, 3.8) is 0 Å². The van der Waals surface area contributed by atoms with E-state index in [9.17, 15) is 18.5 Å². The van der Waals surface area contributed by atoms with E-state index in [2.05, 4.69) is 18.6 Å². The molecule has 0 unspecified atom stereocenters. The molecule has 112 valence electrons. The van der Waals surface area contributed by atoms with E-state index in [4.69, 9.17) is 5.73 Å². The monoisotopic (exact) mass is 319 g/mol. The summed E-state index contributed by atoms with van der Waals surface area (Å²) < 4.78 is 26.7. The molecule has 1 aromatic rings. The van der Waals surface area contributed by atoms with Gasteiger partial charge in [0.1, 0.15) is 4.21 Å². The van der Waals surface area contributed by atoms with Gasteiger partial charge in [0.15, 0.2) is 5.00 Å². The maximum absolute atomic E-state index is 12.1. The highest BCUT2D eigenvalue weighted by atomic mass is 32.2. The van der Waals surface area contributed by atoms with E-state index in [1.807, 2.05) is 0 Å². The van der Waals surface area contributed by atoms with Gasteiger partial charge in [-0.25, -0.2) is 13.1 Å². The summed E-state index contributed by atoms with van der Waals surface area (Å²) in [5.41, 5.74) is 5.13. The Morgan fingerprint density at radius 2 is 2.15 bits per heavy atom. The molecule has 0 spiro atoms. The van der Waals surface area contributed by atoms with Crippen molar-refractivity contribution in [2.75, 3.05) is 12.3 Å². The topological polar surface area (TPSA) is 115 Å². The van der Waals surface area contributed by atoms with Crippen LogP contribution in [0, 0.1) is 21.4 Å². The second-order valence-electron chi connectivity index (χ2n) is 5.41. The number of thiophene rings is 1. The number of nitrogens with two attached hydrogens (primary N) is 1. The molecule has 3 N–H and O–H groups in total. The zero-order chi connectivity index (χ0) is 15.1. The van der Waals surface area contributed by atoms with E-state index < -0.39 is 14.9 Å². The fraction of sp³-hybridized carbons (Fsp3) is 0.636. The zero-order valence-corrected chi connectivity index (χ0v) is 12.9. The molecule has 1 aliphatic carbocycles. The summed E-state index contributed by atoms with van der Waals surface area (Å²) in [5, 5.41) is 10.6. The second-order valence-corrected chi connectivity index (χ2v) is 8.49. The van der Waals surface area contributed by atoms with Crippen LogP contribution in [0.5, 0.6) is 0 Å². The Balaban J connectivity index is 2.15. The van der Waals surface area contributed by atoms with E-state index >= 15 is 0 Å². The van der Waals surface area contributed by atoms with Gasteiger partial charge in [-0.15, -0.1) is 0 Å². The van der Waals surface area contributed by atoms with E-state index in [1.54, 1.807) is 0 Å². The summed E-state index contributed by atoms with van der Waals surface area (Å²) in [6.45, 7) is 4.49. The molecule has 0 radical (unpaired) electrons. The first-order valence-corrected chi connectivity index (χ1v) is 8.51. The molecule has 0 amide bonds. The van der Waals surface area contributed by atoms with E-state index in [0.717, 1.165) is 18.9 Å². The molecule has 0 bridgehead atoms. The zero-order valence-electron chi connectivity index (χ0n) is 11.3. The lowest BCUT2D eigenvalue weighted by atomic mass is 9.93. The van der Waals surface area contributed by atoms with Crippen molar-refractivity contribution in [2.45, 2.75) is 30.9 Å². The minimum atomic E-state index is -3.74. The maximum Gasteiger partial charge on any atom is 0.304 e. The number of rotatable bonds is 6. The fourth-order valence-corrected chi connectivity index (χ4v) is 4.47. The second kappa shape index (κ2) is 4.97. The van der Waals surface area contributed by atoms with E-state index in [1.165, 1.54) is 0 Å². The van der Waals surface area contributed by atoms with E-state index in [-0.39, 0.29) is 20.3 Å². The van der Waals surface area contributed by atoms with Crippen LogP contribution in [-0.4, -0.2) is 19.9 Å². The molecule has 7 nitrogen and oxygen atoms in total. The van der Waals surface area contributed by atoms with Gasteiger partial charge in [0, 0.05) is 12.6 Å². The van der Waals surface area contributed by atoms with Crippen LogP contribution >= 0.6 is 11.3 Å². The number of nitrogens with zero attached hydrogens (tertiary/aromatic N) is 1. The molecule has 2 rings (SSSR count). The predicted octanol–water partition coefficient (Wildman–Crippen LogP) is 1.95. The summed E-state index contributed by atoms with van der Waals surface area (Å²) >= 11 is 0.715. The Morgan fingerprint density at radius 3 is 2.55 bits per heavy atom. The molecule has 0 aromatic carbocycles. The third-order valence-electron chi connectivity index (χ3n) is 3.91. The maximum atomic E-state index is 12.1. The smallest absolute Gasteiger partial charge is 0.304 e. The first-order valence-electron chi connectivity index (χ1n) is 6.21. The quantitative estimate of drug-likeness (QED) is 0.614. The van der Waals surface area contributed by atoms with Gasteiger partial charge in [-0.2, -0.15) is 0 Å². The molecule has 1 aromatic heterocycles. The minimum Gasteiger partial charge on any atom is -0.385 e. The van der Waals surface area contributed by atoms with Crippen LogP contribution < -0.4 is 10.5 Å². The van der Waals surface area contributed by atoms with Crippen molar-refractivity contribution in [1.82, 2.24) is 4.72 Å². The number of nitrogen functional groups attached to an aromatic ring is 1. The molecular weight excluding hydrogens is 302 g/mol. The average molecular weight is 319 g/mol. The van der Waals surface area contributed by atoms with Crippen LogP contribution in [0.15, 0.2) is 10.3 Å². The normalized spacial score (nSPS) is 17.4. The Morgan fingerprint density at radius 1 is 1.55 bits per heavy atom. The number of sulfonamides is 1. The molecule has 0 aliphatic heterocycles. The third-order valence-corrected chi connectivity index (χ3v) is 6.74. The highest BCUT2D eigenvalue weighted by molar-refractivity contribution is 7.91. The Labute approximate surface area is 121 Å². The van der Waals surface area contributed by atoms with Crippen molar-refractivity contribution in [3.8, 4) is 0 Å². The van der Waals surface area contributed by atoms with Crippen LogP contribution in [0.1, 0.15) is 26.7 Å². The van der Waals surface area contributed by atoms with E-state index in [0.29, 0.717) is 23.8 Å². The van der Waals surface area contributed by atoms with Gasteiger partial charge in [-0.3, -0.25) is 10.1 Å². The summed E-state index contributed by atoms with van der Waals surface area (Å²) in [6.07, 6.45) is 2.00. The number of nitrogens with one attached hydrogen (secondary N) is 1. The molecule has 1 saturated carbocycles. The summed E-state index contributed by atoms with van der Waals surface area (Å²) in [5.74, 6) is 0.396. The van der Waals surface area contributed by atoms with Crippen LogP contribution in [0.25, 0.3) is 0 Å². The highest BCUT2D eigenvalue weighted by Gasteiger charge is 2.45. The van der Waals surface area contributed by atoms with Crippen LogP contribution in [-0.2, 0) is 10.0 Å².